The molecule has 0 aliphatic rings. The maximum absolute atomic E-state index is 11.7. The molecular formula is C28H35N3O4. The van der Waals surface area contributed by atoms with Crippen molar-refractivity contribution < 1.29 is 19.5 Å². The van der Waals surface area contributed by atoms with Crippen LogP contribution >= 0.6 is 0 Å². The fraction of sp³-hybridized carbons (Fsp3) is 0.393. The summed E-state index contributed by atoms with van der Waals surface area (Å²) in [5.41, 5.74) is 4.63. The molecule has 0 amide bonds. The molecular weight excluding hydrogens is 442 g/mol. The molecule has 0 radical (unpaired) electrons. The molecule has 1 heterocycles. The lowest BCUT2D eigenvalue weighted by Crippen LogP contribution is -2.24. The van der Waals surface area contributed by atoms with Crippen LogP contribution in [0, 0.1) is 11.8 Å². The summed E-state index contributed by atoms with van der Waals surface area (Å²) in [6.07, 6.45) is 5.06. The minimum atomic E-state index is -0.925. The van der Waals surface area contributed by atoms with E-state index in [0.29, 0.717) is 30.4 Å². The minimum absolute atomic E-state index is 0.0989. The topological polar surface area (TPSA) is 85.9 Å². The van der Waals surface area contributed by atoms with Gasteiger partial charge < -0.3 is 14.7 Å². The second-order valence-corrected chi connectivity index (χ2v) is 9.47. The molecule has 0 saturated carbocycles. The molecule has 1 N–H and O–H groups in total. The molecule has 0 fully saturated rings. The molecule has 1 atom stereocenters. The Morgan fingerprint density at radius 1 is 0.971 bits per heavy atom. The van der Waals surface area contributed by atoms with Crippen molar-refractivity contribution in [3.63, 3.8) is 0 Å². The number of aromatic nitrogens is 2. The van der Waals surface area contributed by atoms with Gasteiger partial charge in [0.2, 0.25) is 0 Å². The number of rotatable bonds is 12. The van der Waals surface area contributed by atoms with E-state index in [1.165, 1.54) is 5.56 Å². The number of ether oxygens (including phenoxy) is 1. The van der Waals surface area contributed by atoms with E-state index in [-0.39, 0.29) is 6.10 Å². The third-order valence-electron chi connectivity index (χ3n) is 5.46. The molecule has 1 unspecified atom stereocenters. The maximum atomic E-state index is 11.7. The predicted octanol–water partition coefficient (Wildman–Crippen LogP) is 5.69. The van der Waals surface area contributed by atoms with Gasteiger partial charge in [-0.25, -0.2) is 4.68 Å². The highest BCUT2D eigenvalue weighted by Crippen LogP contribution is 2.19. The average Bonchev–Trinajstić information content (AvgIpc) is 3.29. The predicted molar refractivity (Wildman–Crippen MR) is 137 cm³/mol. The number of hydrogen-bond donors (Lipinski definition) is 1. The molecule has 7 nitrogen and oxygen atoms in total. The summed E-state index contributed by atoms with van der Waals surface area (Å²) in [7, 11) is 0. The van der Waals surface area contributed by atoms with Crippen LogP contribution in [-0.4, -0.2) is 32.7 Å². The van der Waals surface area contributed by atoms with Gasteiger partial charge in [0, 0.05) is 11.8 Å². The molecule has 186 valence electrons. The Bertz CT molecular complexity index is 1120. The zero-order valence-corrected chi connectivity index (χ0v) is 21.1. The van der Waals surface area contributed by atoms with Gasteiger partial charge in [-0.3, -0.25) is 4.79 Å². The number of benzene rings is 2. The van der Waals surface area contributed by atoms with Crippen molar-refractivity contribution >= 4 is 11.7 Å². The zero-order valence-electron chi connectivity index (χ0n) is 21.1. The van der Waals surface area contributed by atoms with E-state index in [4.69, 9.17) is 9.57 Å². The first kappa shape index (κ1) is 26.0. The molecule has 0 saturated heterocycles. The number of oxime groups is 1. The Morgan fingerprint density at radius 3 is 2.20 bits per heavy atom. The number of nitrogens with zero attached hydrogens (tertiary/aromatic N) is 3. The first-order valence-corrected chi connectivity index (χ1v) is 12.0. The fourth-order valence-electron chi connectivity index (χ4n) is 3.62. The normalized spacial score (nSPS) is 12.7. The Hall–Kier alpha value is -3.61. The summed E-state index contributed by atoms with van der Waals surface area (Å²) in [5.74, 6) is -0.333. The first-order chi connectivity index (χ1) is 16.7. The van der Waals surface area contributed by atoms with Gasteiger partial charge in [0.05, 0.1) is 17.6 Å². The van der Waals surface area contributed by atoms with Crippen LogP contribution in [0.25, 0.3) is 5.69 Å². The molecule has 3 aromatic rings. The monoisotopic (exact) mass is 477 g/mol. The molecule has 1 aromatic heterocycles. The lowest BCUT2D eigenvalue weighted by atomic mass is 9.95. The number of carboxylic acids is 1. The van der Waals surface area contributed by atoms with Crippen LogP contribution in [0.2, 0.25) is 0 Å². The van der Waals surface area contributed by atoms with Crippen molar-refractivity contribution in [2.75, 3.05) is 0 Å². The van der Waals surface area contributed by atoms with Gasteiger partial charge in [0.15, 0.2) is 0 Å². The van der Waals surface area contributed by atoms with Crippen LogP contribution < -0.4 is 4.74 Å². The van der Waals surface area contributed by atoms with Crippen molar-refractivity contribution in [2.24, 2.45) is 17.0 Å². The highest BCUT2D eigenvalue weighted by atomic mass is 16.6. The van der Waals surface area contributed by atoms with E-state index in [1.54, 1.807) is 13.1 Å². The van der Waals surface area contributed by atoms with Crippen molar-refractivity contribution in [1.29, 1.82) is 0 Å². The highest BCUT2D eigenvalue weighted by Gasteiger charge is 2.22. The SMILES string of the molecule is C/C(=N/OC(C)C)C(Cc1ccc(OCc2cnn(-c3ccc(CC(C)C)cc3)c2)cc1)C(=O)O. The summed E-state index contributed by atoms with van der Waals surface area (Å²) in [6, 6.07) is 15.9. The van der Waals surface area contributed by atoms with Crippen molar-refractivity contribution in [2.45, 2.75) is 60.2 Å². The summed E-state index contributed by atoms with van der Waals surface area (Å²) in [5, 5.41) is 18.0. The molecule has 2 aromatic carbocycles. The number of carbonyl (C=O) groups is 1. The van der Waals surface area contributed by atoms with Crippen LogP contribution in [-0.2, 0) is 29.1 Å². The quantitative estimate of drug-likeness (QED) is 0.267. The number of aliphatic carboxylic acids is 1. The molecule has 0 spiro atoms. The van der Waals surface area contributed by atoms with E-state index in [2.05, 4.69) is 48.4 Å². The summed E-state index contributed by atoms with van der Waals surface area (Å²) >= 11 is 0. The Balaban J connectivity index is 1.56. The first-order valence-electron chi connectivity index (χ1n) is 12.0. The number of carboxylic acid groups (broad SMARTS) is 1. The van der Waals surface area contributed by atoms with Gasteiger partial charge in [-0.1, -0.05) is 43.3 Å². The van der Waals surface area contributed by atoms with E-state index < -0.39 is 11.9 Å². The molecule has 35 heavy (non-hydrogen) atoms. The smallest absolute Gasteiger partial charge is 0.312 e. The van der Waals surface area contributed by atoms with E-state index >= 15 is 0 Å². The average molecular weight is 478 g/mol. The maximum Gasteiger partial charge on any atom is 0.312 e. The van der Waals surface area contributed by atoms with Crippen LogP contribution in [0.3, 0.4) is 0 Å². The van der Waals surface area contributed by atoms with E-state index in [1.807, 2.05) is 49.0 Å². The zero-order chi connectivity index (χ0) is 25.4. The largest absolute Gasteiger partial charge is 0.489 e. The second kappa shape index (κ2) is 12.2. The van der Waals surface area contributed by atoms with Crippen molar-refractivity contribution in [3.8, 4) is 11.4 Å². The van der Waals surface area contributed by atoms with Gasteiger partial charge in [0.1, 0.15) is 24.4 Å². The standard InChI is InChI=1S/C28H35N3O4/c1-19(2)14-22-6-10-25(11-7-22)31-17-24(16-29-31)18-34-26-12-8-23(9-13-26)15-27(28(32)33)21(5)30-35-20(3)4/h6-13,16-17,19-20,27H,14-15,18H2,1-5H3,(H,32,33)/b30-21-. The van der Waals surface area contributed by atoms with Gasteiger partial charge in [-0.15, -0.1) is 0 Å². The van der Waals surface area contributed by atoms with Gasteiger partial charge >= 0.3 is 5.97 Å². The van der Waals surface area contributed by atoms with Crippen LogP contribution in [0.15, 0.2) is 66.1 Å². The van der Waals surface area contributed by atoms with Crippen molar-refractivity contribution in [1.82, 2.24) is 9.78 Å². The van der Waals surface area contributed by atoms with Gasteiger partial charge in [-0.2, -0.15) is 5.10 Å². The number of hydrogen-bond acceptors (Lipinski definition) is 5. The lowest BCUT2D eigenvalue weighted by Gasteiger charge is -2.13. The van der Waals surface area contributed by atoms with Gasteiger partial charge in [0.25, 0.3) is 0 Å². The Kier molecular flexibility index (Phi) is 9.06. The Morgan fingerprint density at radius 2 is 1.60 bits per heavy atom. The summed E-state index contributed by atoms with van der Waals surface area (Å²) in [4.78, 5) is 16.9. The van der Waals surface area contributed by atoms with E-state index in [0.717, 1.165) is 23.2 Å². The molecule has 0 aliphatic carbocycles. The van der Waals surface area contributed by atoms with Crippen LogP contribution in [0.5, 0.6) is 5.75 Å². The molecule has 7 heteroatoms. The van der Waals surface area contributed by atoms with Crippen LogP contribution in [0.4, 0.5) is 0 Å². The van der Waals surface area contributed by atoms with Gasteiger partial charge in [-0.05, 0) is 74.9 Å². The molecule has 3 rings (SSSR count). The lowest BCUT2D eigenvalue weighted by molar-refractivity contribution is -0.139. The summed E-state index contributed by atoms with van der Waals surface area (Å²) in [6.45, 7) is 10.2. The van der Waals surface area contributed by atoms with Crippen LogP contribution in [0.1, 0.15) is 51.3 Å². The van der Waals surface area contributed by atoms with Crippen molar-refractivity contribution in [3.05, 3.63) is 77.6 Å². The highest BCUT2D eigenvalue weighted by molar-refractivity contribution is 6.00. The van der Waals surface area contributed by atoms with E-state index in [9.17, 15) is 9.90 Å². The molecule has 0 aliphatic heterocycles. The second-order valence-electron chi connectivity index (χ2n) is 9.47. The molecule has 0 bridgehead atoms. The third-order valence-corrected chi connectivity index (χ3v) is 5.46. The summed E-state index contributed by atoms with van der Waals surface area (Å²) < 4.78 is 7.76. The Labute approximate surface area is 207 Å². The third kappa shape index (κ3) is 7.98. The fourth-order valence-corrected chi connectivity index (χ4v) is 3.62. The minimum Gasteiger partial charge on any atom is -0.489 e.